The summed E-state index contributed by atoms with van der Waals surface area (Å²) < 4.78 is 5.36. The Hall–Kier alpha value is -2.88. The monoisotopic (exact) mass is 244 g/mol. The predicted octanol–water partition coefficient (Wildman–Crippen LogP) is 2.29. The van der Waals surface area contributed by atoms with Crippen molar-refractivity contribution in [1.82, 2.24) is 10.2 Å². The molecule has 0 saturated heterocycles. The first kappa shape index (κ1) is 11.6. The van der Waals surface area contributed by atoms with Crippen LogP contribution in [0.5, 0.6) is 11.6 Å². The summed E-state index contributed by atoms with van der Waals surface area (Å²) in [5, 5.41) is 26.0. The van der Waals surface area contributed by atoms with Crippen LogP contribution in [0, 0.1) is 28.4 Å². The van der Waals surface area contributed by atoms with Crippen molar-refractivity contribution >= 4 is 5.69 Å². The number of aromatic nitrogens is 2. The van der Waals surface area contributed by atoms with Gasteiger partial charge in [-0.1, -0.05) is 0 Å². The second-order valence-electron chi connectivity index (χ2n) is 3.54. The highest BCUT2D eigenvalue weighted by molar-refractivity contribution is 5.52. The maximum absolute atomic E-state index is 10.6. The fourth-order valence-corrected chi connectivity index (χ4v) is 1.39. The summed E-state index contributed by atoms with van der Waals surface area (Å²) in [5.41, 5.74) is 0.528. The van der Waals surface area contributed by atoms with Crippen molar-refractivity contribution in [2.24, 2.45) is 0 Å². The van der Waals surface area contributed by atoms with E-state index in [1.807, 2.05) is 6.92 Å². The number of nitro benzene ring substituents is 1. The molecule has 2 rings (SSSR count). The van der Waals surface area contributed by atoms with Crippen LogP contribution in [0.15, 0.2) is 24.3 Å². The number of nitrogens with one attached hydrogen (secondary N) is 1. The zero-order valence-electron chi connectivity index (χ0n) is 9.38. The van der Waals surface area contributed by atoms with E-state index in [-0.39, 0.29) is 11.3 Å². The molecule has 0 aliphatic carbocycles. The van der Waals surface area contributed by atoms with Gasteiger partial charge >= 0.3 is 0 Å². The lowest BCUT2D eigenvalue weighted by Gasteiger charge is -2.02. The molecular weight excluding hydrogens is 236 g/mol. The molecule has 7 heteroatoms. The number of hydrogen-bond acceptors (Lipinski definition) is 5. The van der Waals surface area contributed by atoms with E-state index in [4.69, 9.17) is 10.00 Å². The van der Waals surface area contributed by atoms with E-state index >= 15 is 0 Å². The maximum atomic E-state index is 10.6. The lowest BCUT2D eigenvalue weighted by atomic mass is 10.2. The molecule has 2 aromatic rings. The molecule has 0 aliphatic rings. The summed E-state index contributed by atoms with van der Waals surface area (Å²) in [6.45, 7) is 1.82. The summed E-state index contributed by atoms with van der Waals surface area (Å²) >= 11 is 0. The molecule has 1 aromatic carbocycles. The Bertz CT molecular complexity index is 642. The Labute approximate surface area is 102 Å². The molecule has 0 saturated carbocycles. The van der Waals surface area contributed by atoms with Gasteiger partial charge in [-0.3, -0.25) is 15.2 Å². The predicted molar refractivity (Wildman–Crippen MR) is 61.2 cm³/mol. The summed E-state index contributed by atoms with van der Waals surface area (Å²) in [6, 6.07) is 7.39. The van der Waals surface area contributed by atoms with Crippen LogP contribution in [-0.4, -0.2) is 15.1 Å². The van der Waals surface area contributed by atoms with Gasteiger partial charge in [-0.05, 0) is 13.0 Å². The molecule has 0 unspecified atom stereocenters. The third-order valence-corrected chi connectivity index (χ3v) is 2.19. The lowest BCUT2D eigenvalue weighted by Crippen LogP contribution is -1.93. The normalized spacial score (nSPS) is 9.78. The number of aromatic amines is 1. The second kappa shape index (κ2) is 4.55. The van der Waals surface area contributed by atoms with Gasteiger partial charge < -0.3 is 4.74 Å². The van der Waals surface area contributed by atoms with E-state index in [0.717, 1.165) is 5.69 Å². The van der Waals surface area contributed by atoms with Crippen molar-refractivity contribution in [3.8, 4) is 17.7 Å². The lowest BCUT2D eigenvalue weighted by molar-refractivity contribution is -0.385. The highest BCUT2D eigenvalue weighted by Crippen LogP contribution is 2.26. The molecule has 0 spiro atoms. The highest BCUT2D eigenvalue weighted by Gasteiger charge is 2.14. The van der Waals surface area contributed by atoms with E-state index in [1.54, 1.807) is 12.1 Å². The molecule has 7 nitrogen and oxygen atoms in total. The minimum Gasteiger partial charge on any atom is -0.437 e. The molecule has 0 aliphatic heterocycles. The van der Waals surface area contributed by atoms with Crippen molar-refractivity contribution in [2.75, 3.05) is 0 Å². The molecule has 0 fully saturated rings. The molecule has 0 radical (unpaired) electrons. The number of aryl methyl sites for hydroxylation is 1. The topological polar surface area (TPSA) is 105 Å². The molecule has 1 aromatic heterocycles. The van der Waals surface area contributed by atoms with Crippen LogP contribution in [0.3, 0.4) is 0 Å². The maximum Gasteiger partial charge on any atom is 0.287 e. The van der Waals surface area contributed by atoms with Crippen LogP contribution < -0.4 is 4.74 Å². The first-order valence-corrected chi connectivity index (χ1v) is 4.98. The fourth-order valence-electron chi connectivity index (χ4n) is 1.39. The smallest absolute Gasteiger partial charge is 0.287 e. The van der Waals surface area contributed by atoms with Gasteiger partial charge in [0, 0.05) is 23.9 Å². The SMILES string of the molecule is Cc1cc(Oc2ccc([N+](=O)[O-])c(C#N)c2)n[nH]1. The fraction of sp³-hybridized carbons (Fsp3) is 0.0909. The molecular formula is C11H8N4O3. The van der Waals surface area contributed by atoms with E-state index < -0.39 is 4.92 Å². The van der Waals surface area contributed by atoms with Gasteiger partial charge in [-0.15, -0.1) is 5.10 Å². The van der Waals surface area contributed by atoms with Gasteiger partial charge in [-0.2, -0.15) is 5.26 Å². The standard InChI is InChI=1S/C11H8N4O3/c1-7-4-11(14-13-7)18-9-2-3-10(15(16)17)8(5-9)6-12/h2-5H,1H3,(H,13,14). The van der Waals surface area contributed by atoms with Gasteiger partial charge in [0.2, 0.25) is 5.88 Å². The number of benzene rings is 1. The average Bonchev–Trinajstić information content (AvgIpc) is 2.74. The summed E-state index contributed by atoms with van der Waals surface area (Å²) in [5.74, 6) is 0.661. The molecule has 0 atom stereocenters. The Kier molecular flexibility index (Phi) is 2.93. The minimum absolute atomic E-state index is 0.0512. The second-order valence-corrected chi connectivity index (χ2v) is 3.54. The summed E-state index contributed by atoms with van der Waals surface area (Å²) in [6.07, 6.45) is 0. The van der Waals surface area contributed by atoms with Crippen molar-refractivity contribution in [2.45, 2.75) is 6.92 Å². The van der Waals surface area contributed by atoms with Crippen molar-refractivity contribution in [3.63, 3.8) is 0 Å². The number of rotatable bonds is 3. The van der Waals surface area contributed by atoms with Gasteiger partial charge in [0.1, 0.15) is 17.4 Å². The van der Waals surface area contributed by atoms with Crippen molar-refractivity contribution in [1.29, 1.82) is 5.26 Å². The summed E-state index contributed by atoms with van der Waals surface area (Å²) in [7, 11) is 0. The third kappa shape index (κ3) is 2.27. The third-order valence-electron chi connectivity index (χ3n) is 2.19. The minimum atomic E-state index is -0.610. The van der Waals surface area contributed by atoms with Crippen LogP contribution in [0.2, 0.25) is 0 Å². The van der Waals surface area contributed by atoms with Crippen LogP contribution in [0.1, 0.15) is 11.3 Å². The van der Waals surface area contributed by atoms with Gasteiger partial charge in [0.15, 0.2) is 0 Å². The van der Waals surface area contributed by atoms with Crippen molar-refractivity contribution < 1.29 is 9.66 Å². The van der Waals surface area contributed by atoms with E-state index in [9.17, 15) is 10.1 Å². The van der Waals surface area contributed by atoms with Crippen LogP contribution >= 0.6 is 0 Å². The number of hydrogen-bond donors (Lipinski definition) is 1. The average molecular weight is 244 g/mol. The Morgan fingerprint density at radius 2 is 2.28 bits per heavy atom. The highest BCUT2D eigenvalue weighted by atomic mass is 16.6. The van der Waals surface area contributed by atoms with Crippen LogP contribution in [0.4, 0.5) is 5.69 Å². The number of ether oxygens (including phenoxy) is 1. The molecule has 1 N–H and O–H groups in total. The van der Waals surface area contributed by atoms with E-state index in [2.05, 4.69) is 10.2 Å². The number of nitrogens with zero attached hydrogens (tertiary/aromatic N) is 3. The molecule has 90 valence electrons. The number of H-pyrrole nitrogens is 1. The van der Waals surface area contributed by atoms with Gasteiger partial charge in [0.05, 0.1) is 4.92 Å². The first-order chi connectivity index (χ1) is 8.60. The summed E-state index contributed by atoms with van der Waals surface area (Å²) in [4.78, 5) is 10.0. The largest absolute Gasteiger partial charge is 0.437 e. The first-order valence-electron chi connectivity index (χ1n) is 4.98. The molecule has 18 heavy (non-hydrogen) atoms. The van der Waals surface area contributed by atoms with Crippen LogP contribution in [-0.2, 0) is 0 Å². The molecule has 0 amide bonds. The van der Waals surface area contributed by atoms with E-state index in [1.165, 1.54) is 18.2 Å². The Morgan fingerprint density at radius 3 is 2.83 bits per heavy atom. The zero-order valence-corrected chi connectivity index (χ0v) is 9.38. The van der Waals surface area contributed by atoms with E-state index in [0.29, 0.717) is 11.6 Å². The molecule has 1 heterocycles. The van der Waals surface area contributed by atoms with Gasteiger partial charge in [-0.25, -0.2) is 0 Å². The zero-order chi connectivity index (χ0) is 13.1. The van der Waals surface area contributed by atoms with Crippen LogP contribution in [0.25, 0.3) is 0 Å². The number of nitriles is 1. The van der Waals surface area contributed by atoms with Crippen molar-refractivity contribution in [3.05, 3.63) is 45.6 Å². The van der Waals surface area contributed by atoms with Gasteiger partial charge in [0.25, 0.3) is 5.69 Å². The Morgan fingerprint density at radius 1 is 1.50 bits per heavy atom. The Balaban J connectivity index is 2.31. The quantitative estimate of drug-likeness (QED) is 0.658. The molecule has 0 bridgehead atoms. The number of nitro groups is 1.